The summed E-state index contributed by atoms with van der Waals surface area (Å²) in [6.45, 7) is 2.92. The molecule has 112 valence electrons. The first-order valence-electron chi connectivity index (χ1n) is 7.43. The highest BCUT2D eigenvalue weighted by Gasteiger charge is 2.25. The molecule has 5 heteroatoms. The van der Waals surface area contributed by atoms with Crippen molar-refractivity contribution in [3.05, 3.63) is 40.7 Å². The molecule has 0 saturated heterocycles. The van der Waals surface area contributed by atoms with Gasteiger partial charge in [0.15, 0.2) is 5.13 Å². The number of hydrogen-bond acceptors (Lipinski definition) is 4. The normalized spacial score (nSPS) is 17.6. The van der Waals surface area contributed by atoms with Crippen LogP contribution in [0, 0.1) is 5.82 Å². The van der Waals surface area contributed by atoms with Crippen LogP contribution in [0.4, 0.5) is 15.2 Å². The van der Waals surface area contributed by atoms with Crippen LogP contribution in [0.3, 0.4) is 0 Å². The topological polar surface area (TPSA) is 28.2 Å². The minimum atomic E-state index is -0.205. The van der Waals surface area contributed by atoms with Gasteiger partial charge in [-0.15, -0.1) is 0 Å². The van der Waals surface area contributed by atoms with Crippen LogP contribution < -0.4 is 10.2 Å². The van der Waals surface area contributed by atoms with E-state index in [1.54, 1.807) is 11.3 Å². The van der Waals surface area contributed by atoms with Crippen molar-refractivity contribution in [2.45, 2.75) is 32.2 Å². The molecule has 0 aliphatic heterocycles. The summed E-state index contributed by atoms with van der Waals surface area (Å²) in [5.74, 6) is -0.205. The average Bonchev–Trinajstić information content (AvgIpc) is 2.93. The molecule has 1 N–H and O–H groups in total. The monoisotopic (exact) mass is 305 g/mol. The second-order valence-corrected chi connectivity index (χ2v) is 6.27. The van der Waals surface area contributed by atoms with Gasteiger partial charge < -0.3 is 10.2 Å². The van der Waals surface area contributed by atoms with Crippen LogP contribution in [0.5, 0.6) is 0 Å². The Hall–Kier alpha value is -1.46. The summed E-state index contributed by atoms with van der Waals surface area (Å²) < 4.78 is 13.1. The SMILES string of the molecule is CCN(c1ccc(F)cc1)c1nc2c(s1)C(NC)CCC2. The lowest BCUT2D eigenvalue weighted by Crippen LogP contribution is -2.19. The Balaban J connectivity index is 1.95. The van der Waals surface area contributed by atoms with Crippen LogP contribution >= 0.6 is 11.3 Å². The van der Waals surface area contributed by atoms with E-state index in [2.05, 4.69) is 17.1 Å². The van der Waals surface area contributed by atoms with Crippen LogP contribution in [-0.2, 0) is 6.42 Å². The van der Waals surface area contributed by atoms with Crippen molar-refractivity contribution in [3.63, 3.8) is 0 Å². The highest BCUT2D eigenvalue weighted by molar-refractivity contribution is 7.15. The van der Waals surface area contributed by atoms with Gasteiger partial charge >= 0.3 is 0 Å². The fourth-order valence-corrected chi connectivity index (χ4v) is 4.19. The Kier molecular flexibility index (Phi) is 4.22. The van der Waals surface area contributed by atoms with Crippen LogP contribution in [0.25, 0.3) is 0 Å². The lowest BCUT2D eigenvalue weighted by atomic mass is 9.98. The van der Waals surface area contributed by atoms with Crippen molar-refractivity contribution in [1.29, 1.82) is 0 Å². The highest BCUT2D eigenvalue weighted by Crippen LogP contribution is 2.39. The molecule has 0 radical (unpaired) electrons. The van der Waals surface area contributed by atoms with E-state index in [0.29, 0.717) is 6.04 Å². The van der Waals surface area contributed by atoms with E-state index in [4.69, 9.17) is 4.98 Å². The van der Waals surface area contributed by atoms with Gasteiger partial charge in [-0.25, -0.2) is 9.37 Å². The Morgan fingerprint density at radius 2 is 2.14 bits per heavy atom. The van der Waals surface area contributed by atoms with Gasteiger partial charge in [0.2, 0.25) is 0 Å². The number of anilines is 2. The van der Waals surface area contributed by atoms with Gasteiger partial charge in [0.25, 0.3) is 0 Å². The number of nitrogens with zero attached hydrogens (tertiary/aromatic N) is 2. The number of benzene rings is 1. The summed E-state index contributed by atoms with van der Waals surface area (Å²) in [4.78, 5) is 8.34. The lowest BCUT2D eigenvalue weighted by Gasteiger charge is -2.20. The lowest BCUT2D eigenvalue weighted by molar-refractivity contribution is 0.501. The molecule has 1 atom stereocenters. The number of hydrogen-bond donors (Lipinski definition) is 1. The molecule has 1 aliphatic rings. The smallest absolute Gasteiger partial charge is 0.190 e. The number of aryl methyl sites for hydroxylation is 1. The molecule has 21 heavy (non-hydrogen) atoms. The molecule has 1 aromatic carbocycles. The predicted octanol–water partition coefficient (Wildman–Crippen LogP) is 4.04. The van der Waals surface area contributed by atoms with Crippen LogP contribution in [0.2, 0.25) is 0 Å². The van der Waals surface area contributed by atoms with Crippen molar-refractivity contribution in [3.8, 4) is 0 Å². The van der Waals surface area contributed by atoms with Gasteiger partial charge in [0.1, 0.15) is 5.82 Å². The largest absolute Gasteiger partial charge is 0.318 e. The Morgan fingerprint density at radius 3 is 2.81 bits per heavy atom. The number of nitrogens with one attached hydrogen (secondary N) is 1. The second-order valence-electron chi connectivity index (χ2n) is 5.26. The van der Waals surface area contributed by atoms with Gasteiger partial charge in [-0.2, -0.15) is 0 Å². The van der Waals surface area contributed by atoms with E-state index in [9.17, 15) is 4.39 Å². The Bertz CT molecular complexity index is 608. The maximum atomic E-state index is 13.1. The van der Waals surface area contributed by atoms with Gasteiger partial charge in [-0.05, 0) is 57.5 Å². The first-order valence-corrected chi connectivity index (χ1v) is 8.24. The zero-order valence-electron chi connectivity index (χ0n) is 12.4. The van der Waals surface area contributed by atoms with E-state index in [1.807, 2.05) is 19.2 Å². The molecule has 1 unspecified atom stereocenters. The zero-order chi connectivity index (χ0) is 14.8. The molecule has 3 rings (SSSR count). The first-order chi connectivity index (χ1) is 10.2. The summed E-state index contributed by atoms with van der Waals surface area (Å²) in [5, 5.41) is 4.39. The van der Waals surface area contributed by atoms with Crippen LogP contribution in [-0.4, -0.2) is 18.6 Å². The molecule has 1 heterocycles. The highest BCUT2D eigenvalue weighted by atomic mass is 32.1. The third-order valence-corrected chi connectivity index (χ3v) is 5.21. The predicted molar refractivity (Wildman–Crippen MR) is 85.9 cm³/mol. The van der Waals surface area contributed by atoms with Gasteiger partial charge in [0, 0.05) is 23.2 Å². The number of thiazole rings is 1. The van der Waals surface area contributed by atoms with Crippen molar-refractivity contribution >= 4 is 22.2 Å². The molecular weight excluding hydrogens is 285 g/mol. The van der Waals surface area contributed by atoms with E-state index < -0.39 is 0 Å². The summed E-state index contributed by atoms with van der Waals surface area (Å²) >= 11 is 1.76. The van der Waals surface area contributed by atoms with Gasteiger partial charge in [-0.1, -0.05) is 11.3 Å². The fourth-order valence-electron chi connectivity index (χ4n) is 2.85. The first kappa shape index (κ1) is 14.5. The second kappa shape index (κ2) is 6.12. The number of aromatic nitrogens is 1. The maximum Gasteiger partial charge on any atom is 0.190 e. The van der Waals surface area contributed by atoms with Crippen molar-refractivity contribution < 1.29 is 4.39 Å². The third-order valence-electron chi connectivity index (χ3n) is 3.97. The quantitative estimate of drug-likeness (QED) is 0.924. The third kappa shape index (κ3) is 2.80. The number of fused-ring (bicyclic) bond motifs is 1. The van der Waals surface area contributed by atoms with E-state index in [0.717, 1.165) is 23.8 Å². The molecule has 1 aromatic heterocycles. The van der Waals surface area contributed by atoms with Crippen molar-refractivity contribution in [1.82, 2.24) is 10.3 Å². The average molecular weight is 305 g/mol. The van der Waals surface area contributed by atoms with Crippen LogP contribution in [0.1, 0.15) is 36.4 Å². The van der Waals surface area contributed by atoms with E-state index in [1.165, 1.54) is 35.5 Å². The molecule has 0 spiro atoms. The molecule has 2 aromatic rings. The molecule has 1 aliphatic carbocycles. The van der Waals surface area contributed by atoms with Crippen LogP contribution in [0.15, 0.2) is 24.3 Å². The van der Waals surface area contributed by atoms with Gasteiger partial charge in [-0.3, -0.25) is 0 Å². The zero-order valence-corrected chi connectivity index (χ0v) is 13.2. The van der Waals surface area contributed by atoms with E-state index in [-0.39, 0.29) is 5.82 Å². The molecular formula is C16H20FN3S. The molecule has 0 fully saturated rings. The van der Waals surface area contributed by atoms with Crippen molar-refractivity contribution in [2.24, 2.45) is 0 Å². The Morgan fingerprint density at radius 1 is 1.38 bits per heavy atom. The number of rotatable bonds is 4. The fraction of sp³-hybridized carbons (Fsp3) is 0.438. The summed E-state index contributed by atoms with van der Waals surface area (Å²) in [5.41, 5.74) is 2.21. The summed E-state index contributed by atoms with van der Waals surface area (Å²) in [7, 11) is 2.01. The van der Waals surface area contributed by atoms with E-state index >= 15 is 0 Å². The van der Waals surface area contributed by atoms with Gasteiger partial charge in [0.05, 0.1) is 5.69 Å². The molecule has 0 amide bonds. The maximum absolute atomic E-state index is 13.1. The molecule has 0 bridgehead atoms. The standard InChI is InChI=1S/C16H20FN3S/c1-3-20(12-9-7-11(17)8-10-12)16-19-14-6-4-5-13(18-2)15(14)21-16/h7-10,13,18H,3-6H2,1-2H3. The minimum absolute atomic E-state index is 0.205. The minimum Gasteiger partial charge on any atom is -0.318 e. The summed E-state index contributed by atoms with van der Waals surface area (Å²) in [6, 6.07) is 7.06. The molecule has 3 nitrogen and oxygen atoms in total. The summed E-state index contributed by atoms with van der Waals surface area (Å²) in [6.07, 6.45) is 3.42. The number of halogens is 1. The Labute approximate surface area is 128 Å². The molecule has 0 saturated carbocycles. The van der Waals surface area contributed by atoms with Crippen molar-refractivity contribution in [2.75, 3.05) is 18.5 Å².